The maximum absolute atomic E-state index is 12.7. The van der Waals surface area contributed by atoms with Crippen LogP contribution >= 0.6 is 0 Å². The second kappa shape index (κ2) is 6.17. The second-order valence-electron chi connectivity index (χ2n) is 5.17. The Morgan fingerprint density at radius 1 is 1.30 bits per heavy atom. The summed E-state index contributed by atoms with van der Waals surface area (Å²) in [4.78, 5) is 32.0. The molecule has 0 spiro atoms. The first-order chi connectivity index (χ1) is 11.1. The molecule has 0 saturated carbocycles. The molecular weight excluding hydrogens is 300 g/mol. The van der Waals surface area contributed by atoms with Crippen LogP contribution in [0.15, 0.2) is 28.8 Å². The number of benzene rings is 1. The number of carbonyl (C=O) groups is 2. The lowest BCUT2D eigenvalue weighted by molar-refractivity contribution is -0.119. The van der Waals surface area contributed by atoms with Gasteiger partial charge in [-0.25, -0.2) is 0 Å². The zero-order chi connectivity index (χ0) is 16.4. The quantitative estimate of drug-likeness (QED) is 0.830. The zero-order valence-electron chi connectivity index (χ0n) is 12.9. The number of anilines is 1. The van der Waals surface area contributed by atoms with Crippen molar-refractivity contribution in [3.8, 4) is 0 Å². The minimum atomic E-state index is -0.246. The lowest BCUT2D eigenvalue weighted by atomic mass is 10.1. The lowest BCUT2D eigenvalue weighted by Gasteiger charge is -2.17. The van der Waals surface area contributed by atoms with Crippen LogP contribution in [-0.2, 0) is 22.7 Å². The Kier molecular flexibility index (Phi) is 4.07. The molecule has 120 valence electrons. The van der Waals surface area contributed by atoms with Gasteiger partial charge in [-0.05, 0) is 12.1 Å². The van der Waals surface area contributed by atoms with E-state index in [1.54, 1.807) is 31.3 Å². The van der Waals surface area contributed by atoms with Gasteiger partial charge in [-0.3, -0.25) is 9.59 Å². The number of likely N-dealkylation sites (N-methyl/N-ethyl adjacent to an activating group) is 1. The SMILES string of the molecule is COCc1noc(CN2CC(=O)N(C)c3ccccc3C2=O)n1. The van der Waals surface area contributed by atoms with Crippen LogP contribution in [0.2, 0.25) is 0 Å². The highest BCUT2D eigenvalue weighted by Crippen LogP contribution is 2.25. The highest BCUT2D eigenvalue weighted by molar-refractivity contribution is 6.09. The summed E-state index contributed by atoms with van der Waals surface area (Å²) in [6.45, 7) is 0.247. The van der Waals surface area contributed by atoms with E-state index in [1.165, 1.54) is 16.9 Å². The topological polar surface area (TPSA) is 88.8 Å². The highest BCUT2D eigenvalue weighted by atomic mass is 16.5. The number of hydrogen-bond donors (Lipinski definition) is 0. The molecule has 1 aliphatic rings. The number of aromatic nitrogens is 2. The smallest absolute Gasteiger partial charge is 0.256 e. The van der Waals surface area contributed by atoms with E-state index < -0.39 is 0 Å². The molecule has 0 saturated heterocycles. The second-order valence-corrected chi connectivity index (χ2v) is 5.17. The minimum absolute atomic E-state index is 0.0496. The fourth-order valence-electron chi connectivity index (χ4n) is 2.43. The molecule has 1 aliphatic heterocycles. The van der Waals surface area contributed by atoms with Crippen molar-refractivity contribution in [3.05, 3.63) is 41.5 Å². The number of carbonyl (C=O) groups excluding carboxylic acids is 2. The predicted molar refractivity (Wildman–Crippen MR) is 79.6 cm³/mol. The molecule has 2 amide bonds. The van der Waals surface area contributed by atoms with Gasteiger partial charge in [0, 0.05) is 14.2 Å². The number of amides is 2. The third kappa shape index (κ3) is 2.93. The van der Waals surface area contributed by atoms with E-state index in [0.717, 1.165) is 0 Å². The van der Waals surface area contributed by atoms with E-state index in [1.807, 2.05) is 0 Å². The predicted octanol–water partition coefficient (Wildman–Crippen LogP) is 0.835. The van der Waals surface area contributed by atoms with Crippen LogP contribution < -0.4 is 4.90 Å². The normalized spacial score (nSPS) is 14.9. The molecule has 23 heavy (non-hydrogen) atoms. The van der Waals surface area contributed by atoms with Crippen LogP contribution in [-0.4, -0.2) is 47.6 Å². The van der Waals surface area contributed by atoms with Gasteiger partial charge in [0.25, 0.3) is 5.91 Å². The summed E-state index contributed by atoms with van der Waals surface area (Å²) in [5.74, 6) is 0.235. The summed E-state index contributed by atoms with van der Waals surface area (Å²) in [5.41, 5.74) is 1.06. The molecule has 0 fully saturated rings. The molecule has 2 aromatic rings. The van der Waals surface area contributed by atoms with Gasteiger partial charge < -0.3 is 19.1 Å². The number of rotatable bonds is 4. The molecule has 0 unspecified atom stereocenters. The van der Waals surface area contributed by atoms with Gasteiger partial charge in [-0.1, -0.05) is 17.3 Å². The van der Waals surface area contributed by atoms with E-state index in [0.29, 0.717) is 17.1 Å². The Balaban J connectivity index is 1.87. The minimum Gasteiger partial charge on any atom is -0.377 e. The van der Waals surface area contributed by atoms with Crippen molar-refractivity contribution in [3.63, 3.8) is 0 Å². The number of para-hydroxylation sites is 1. The highest BCUT2D eigenvalue weighted by Gasteiger charge is 2.30. The lowest BCUT2D eigenvalue weighted by Crippen LogP contribution is -2.37. The zero-order valence-corrected chi connectivity index (χ0v) is 12.9. The third-order valence-electron chi connectivity index (χ3n) is 3.59. The van der Waals surface area contributed by atoms with Crippen molar-refractivity contribution < 1.29 is 18.8 Å². The number of nitrogens with zero attached hydrogens (tertiary/aromatic N) is 4. The van der Waals surface area contributed by atoms with Crippen molar-refractivity contribution >= 4 is 17.5 Å². The van der Waals surface area contributed by atoms with Crippen molar-refractivity contribution in [2.75, 3.05) is 25.6 Å². The summed E-state index contributed by atoms with van der Waals surface area (Å²) in [6, 6.07) is 7.00. The van der Waals surface area contributed by atoms with Gasteiger partial charge in [0.05, 0.1) is 11.3 Å². The summed E-state index contributed by atoms with van der Waals surface area (Å²) in [6.07, 6.45) is 0. The Labute approximate surface area is 132 Å². The van der Waals surface area contributed by atoms with Crippen LogP contribution in [0.5, 0.6) is 0 Å². The maximum atomic E-state index is 12.7. The van der Waals surface area contributed by atoms with Gasteiger partial charge in [-0.2, -0.15) is 4.98 Å². The molecule has 3 rings (SSSR count). The van der Waals surface area contributed by atoms with Crippen LogP contribution in [0.4, 0.5) is 5.69 Å². The molecular formula is C15H16N4O4. The van der Waals surface area contributed by atoms with Gasteiger partial charge in [0.1, 0.15) is 19.7 Å². The molecule has 1 aromatic heterocycles. The standard InChI is InChI=1S/C15H16N4O4/c1-18-11-6-4-3-5-10(11)15(21)19(8-14(18)20)7-13-16-12(9-22-2)17-23-13/h3-6H,7-9H2,1-2H3. The Morgan fingerprint density at radius 3 is 2.87 bits per heavy atom. The van der Waals surface area contributed by atoms with Crippen LogP contribution in [0.3, 0.4) is 0 Å². The van der Waals surface area contributed by atoms with Crippen LogP contribution in [0.1, 0.15) is 22.1 Å². The third-order valence-corrected chi connectivity index (χ3v) is 3.59. The fourth-order valence-corrected chi connectivity index (χ4v) is 2.43. The average Bonchev–Trinajstić information content (AvgIpc) is 2.97. The largest absolute Gasteiger partial charge is 0.377 e. The number of ether oxygens (including phenoxy) is 1. The summed E-state index contributed by atoms with van der Waals surface area (Å²) in [7, 11) is 3.18. The van der Waals surface area contributed by atoms with Crippen LogP contribution in [0, 0.1) is 0 Å². The Morgan fingerprint density at radius 2 is 2.09 bits per heavy atom. The Hall–Kier alpha value is -2.74. The summed E-state index contributed by atoms with van der Waals surface area (Å²) >= 11 is 0. The fraction of sp³-hybridized carbons (Fsp3) is 0.333. The van der Waals surface area contributed by atoms with Gasteiger partial charge in [0.15, 0.2) is 5.82 Å². The van der Waals surface area contributed by atoms with Crippen molar-refractivity contribution in [1.82, 2.24) is 15.0 Å². The monoisotopic (exact) mass is 316 g/mol. The van der Waals surface area contributed by atoms with Crippen LogP contribution in [0.25, 0.3) is 0 Å². The molecule has 0 radical (unpaired) electrons. The van der Waals surface area contributed by atoms with E-state index in [9.17, 15) is 9.59 Å². The number of hydrogen-bond acceptors (Lipinski definition) is 6. The van der Waals surface area contributed by atoms with Crippen molar-refractivity contribution in [2.24, 2.45) is 0 Å². The molecule has 8 heteroatoms. The number of fused-ring (bicyclic) bond motifs is 1. The van der Waals surface area contributed by atoms with E-state index in [4.69, 9.17) is 9.26 Å². The van der Waals surface area contributed by atoms with Gasteiger partial charge in [-0.15, -0.1) is 0 Å². The van der Waals surface area contributed by atoms with E-state index in [-0.39, 0.29) is 37.4 Å². The first-order valence-corrected chi connectivity index (χ1v) is 7.05. The van der Waals surface area contributed by atoms with Crippen molar-refractivity contribution in [2.45, 2.75) is 13.2 Å². The maximum Gasteiger partial charge on any atom is 0.256 e. The first kappa shape index (κ1) is 15.2. The van der Waals surface area contributed by atoms with Gasteiger partial charge >= 0.3 is 0 Å². The molecule has 2 heterocycles. The average molecular weight is 316 g/mol. The molecule has 1 aromatic carbocycles. The number of methoxy groups -OCH3 is 1. The summed E-state index contributed by atoms with van der Waals surface area (Å²) < 4.78 is 10.0. The Bertz CT molecular complexity index is 743. The van der Waals surface area contributed by atoms with Crippen molar-refractivity contribution in [1.29, 1.82) is 0 Å². The first-order valence-electron chi connectivity index (χ1n) is 7.05. The molecule has 0 atom stereocenters. The summed E-state index contributed by atoms with van der Waals surface area (Å²) in [5, 5.41) is 3.75. The molecule has 0 aliphatic carbocycles. The molecule has 8 nitrogen and oxygen atoms in total. The van der Waals surface area contributed by atoms with E-state index >= 15 is 0 Å². The van der Waals surface area contributed by atoms with Gasteiger partial charge in [0.2, 0.25) is 11.8 Å². The molecule has 0 N–H and O–H groups in total. The molecule has 0 bridgehead atoms. The van der Waals surface area contributed by atoms with E-state index in [2.05, 4.69) is 10.1 Å².